The molecule has 2 aromatic heterocycles. The molecule has 5 nitrogen and oxygen atoms in total. The summed E-state index contributed by atoms with van der Waals surface area (Å²) in [6, 6.07) is 26.4. The number of rotatable bonds is 4. The topological polar surface area (TPSA) is 55.2 Å². The summed E-state index contributed by atoms with van der Waals surface area (Å²) < 4.78 is 1.44. The number of para-hydroxylation sites is 1. The van der Waals surface area contributed by atoms with Gasteiger partial charge in [-0.1, -0.05) is 72.8 Å². The molecule has 0 saturated heterocycles. The Kier molecular flexibility index (Phi) is 5.51. The van der Waals surface area contributed by atoms with Crippen LogP contribution in [-0.2, 0) is 17.8 Å². The number of benzene rings is 3. The molecule has 0 unspecified atom stereocenters. The Hall–Kier alpha value is -4.03. The van der Waals surface area contributed by atoms with Crippen LogP contribution in [0.1, 0.15) is 12.0 Å². The first-order valence-electron chi connectivity index (χ1n) is 11.7. The molecular formula is C29H23N3O2S. The summed E-state index contributed by atoms with van der Waals surface area (Å²) in [6.45, 7) is 0.635. The molecule has 0 saturated carbocycles. The van der Waals surface area contributed by atoms with E-state index in [0.717, 1.165) is 40.8 Å². The standard InChI is InChI=1S/C29H23N3O2S/c33-26(32-16-6-10-23-9-4-5-11-25(23)32)17-31-19-30-28-27(29(31)34)24(18-35-28)22-14-12-21(13-15-22)20-7-2-1-3-8-20/h1-5,7-9,11-15,18-19H,6,10,16-17H2. The van der Waals surface area contributed by atoms with Gasteiger partial charge in [-0.15, -0.1) is 11.3 Å². The van der Waals surface area contributed by atoms with Gasteiger partial charge in [-0.25, -0.2) is 4.98 Å². The first kappa shape index (κ1) is 21.5. The van der Waals surface area contributed by atoms with Crippen molar-refractivity contribution >= 4 is 33.1 Å². The second kappa shape index (κ2) is 8.96. The molecule has 3 aromatic carbocycles. The number of amides is 1. The Morgan fingerprint density at radius 2 is 1.60 bits per heavy atom. The van der Waals surface area contributed by atoms with Crippen molar-refractivity contribution in [3.8, 4) is 22.3 Å². The van der Waals surface area contributed by atoms with Crippen molar-refractivity contribution in [1.82, 2.24) is 9.55 Å². The molecule has 6 heteroatoms. The molecule has 0 aliphatic carbocycles. The lowest BCUT2D eigenvalue weighted by molar-refractivity contribution is -0.119. The first-order valence-corrected chi connectivity index (χ1v) is 12.6. The van der Waals surface area contributed by atoms with Crippen LogP contribution in [0.4, 0.5) is 5.69 Å². The van der Waals surface area contributed by atoms with Crippen molar-refractivity contribution in [2.45, 2.75) is 19.4 Å². The number of carbonyl (C=O) groups excluding carboxylic acids is 1. The lowest BCUT2D eigenvalue weighted by Crippen LogP contribution is -2.39. The fourth-order valence-corrected chi connectivity index (χ4v) is 5.70. The lowest BCUT2D eigenvalue weighted by Gasteiger charge is -2.29. The normalized spacial score (nSPS) is 13.1. The van der Waals surface area contributed by atoms with Crippen LogP contribution in [-0.4, -0.2) is 22.0 Å². The molecule has 0 N–H and O–H groups in total. The molecule has 0 fully saturated rings. The molecular weight excluding hydrogens is 454 g/mol. The summed E-state index contributed by atoms with van der Waals surface area (Å²) in [7, 11) is 0. The summed E-state index contributed by atoms with van der Waals surface area (Å²) in [4.78, 5) is 33.7. The van der Waals surface area contributed by atoms with Crippen LogP contribution < -0.4 is 10.5 Å². The second-order valence-corrected chi connectivity index (χ2v) is 9.59. The largest absolute Gasteiger partial charge is 0.311 e. The molecule has 1 aliphatic rings. The van der Waals surface area contributed by atoms with Crippen molar-refractivity contribution in [3.05, 3.63) is 106 Å². The molecule has 6 rings (SSSR count). The smallest absolute Gasteiger partial charge is 0.263 e. The van der Waals surface area contributed by atoms with Crippen LogP contribution in [0.15, 0.2) is 95.4 Å². The molecule has 0 spiro atoms. The maximum atomic E-state index is 13.5. The number of hydrogen-bond acceptors (Lipinski definition) is 4. The Morgan fingerprint density at radius 3 is 2.43 bits per heavy atom. The minimum absolute atomic E-state index is 0.0294. The highest BCUT2D eigenvalue weighted by Crippen LogP contribution is 2.32. The van der Waals surface area contributed by atoms with E-state index in [1.165, 1.54) is 27.8 Å². The van der Waals surface area contributed by atoms with Crippen molar-refractivity contribution in [1.29, 1.82) is 0 Å². The minimum Gasteiger partial charge on any atom is -0.311 e. The van der Waals surface area contributed by atoms with Gasteiger partial charge in [0, 0.05) is 23.2 Å². The molecule has 1 aliphatic heterocycles. The molecule has 0 bridgehead atoms. The van der Waals surface area contributed by atoms with Crippen molar-refractivity contribution in [2.24, 2.45) is 0 Å². The van der Waals surface area contributed by atoms with Crippen molar-refractivity contribution in [3.63, 3.8) is 0 Å². The van der Waals surface area contributed by atoms with Gasteiger partial charge in [0.05, 0.1) is 11.7 Å². The number of thiophene rings is 1. The molecule has 172 valence electrons. The Bertz CT molecular complexity index is 1590. The molecule has 35 heavy (non-hydrogen) atoms. The van der Waals surface area contributed by atoms with Crippen LogP contribution in [0.25, 0.3) is 32.5 Å². The number of anilines is 1. The molecule has 5 aromatic rings. The highest BCUT2D eigenvalue weighted by Gasteiger charge is 2.23. The summed E-state index contributed by atoms with van der Waals surface area (Å²) in [5.41, 5.74) is 6.02. The van der Waals surface area contributed by atoms with Crippen LogP contribution in [0.5, 0.6) is 0 Å². The van der Waals surface area contributed by atoms with Crippen LogP contribution >= 0.6 is 11.3 Å². The second-order valence-electron chi connectivity index (χ2n) is 8.73. The lowest BCUT2D eigenvalue weighted by atomic mass is 10.0. The third-order valence-corrected chi connectivity index (χ3v) is 7.47. The summed E-state index contributed by atoms with van der Waals surface area (Å²) >= 11 is 1.45. The van der Waals surface area contributed by atoms with Gasteiger partial charge in [0.1, 0.15) is 11.4 Å². The Morgan fingerprint density at radius 1 is 0.886 bits per heavy atom. The highest BCUT2D eigenvalue weighted by atomic mass is 32.1. The van der Waals surface area contributed by atoms with Gasteiger partial charge in [-0.3, -0.25) is 14.2 Å². The third kappa shape index (κ3) is 3.96. The van der Waals surface area contributed by atoms with Crippen LogP contribution in [0, 0.1) is 0 Å². The third-order valence-electron chi connectivity index (χ3n) is 6.58. The Labute approximate surface area is 206 Å². The van der Waals surface area contributed by atoms with Crippen molar-refractivity contribution in [2.75, 3.05) is 11.4 Å². The van der Waals surface area contributed by atoms with E-state index < -0.39 is 0 Å². The van der Waals surface area contributed by atoms with Crippen molar-refractivity contribution < 1.29 is 4.79 Å². The zero-order chi connectivity index (χ0) is 23.8. The quantitative estimate of drug-likeness (QED) is 0.330. The number of hydrogen-bond donors (Lipinski definition) is 0. The molecule has 0 atom stereocenters. The monoisotopic (exact) mass is 477 g/mol. The number of nitrogens with zero attached hydrogens (tertiary/aromatic N) is 3. The highest BCUT2D eigenvalue weighted by molar-refractivity contribution is 7.17. The number of aryl methyl sites for hydroxylation is 1. The average molecular weight is 478 g/mol. The van der Waals surface area contributed by atoms with Crippen LogP contribution in [0.2, 0.25) is 0 Å². The fraction of sp³-hybridized carbons (Fsp3) is 0.138. The van der Waals surface area contributed by atoms with Crippen LogP contribution in [0.3, 0.4) is 0 Å². The summed E-state index contributed by atoms with van der Waals surface area (Å²) in [6.07, 6.45) is 3.38. The zero-order valence-electron chi connectivity index (χ0n) is 19.1. The Balaban J connectivity index is 1.32. The minimum atomic E-state index is -0.183. The predicted molar refractivity (Wildman–Crippen MR) is 142 cm³/mol. The van der Waals surface area contributed by atoms with Gasteiger partial charge in [-0.2, -0.15) is 0 Å². The maximum Gasteiger partial charge on any atom is 0.263 e. The predicted octanol–water partition coefficient (Wildman–Crippen LogP) is 5.77. The van der Waals surface area contributed by atoms with E-state index in [4.69, 9.17) is 0 Å². The van der Waals surface area contributed by atoms with E-state index in [1.54, 1.807) is 4.90 Å². The maximum absolute atomic E-state index is 13.5. The average Bonchev–Trinajstić information content (AvgIpc) is 3.35. The SMILES string of the molecule is O=C(Cn1cnc2scc(-c3ccc(-c4ccccc4)cc3)c2c1=O)N1CCCc2ccccc21. The van der Waals surface area contributed by atoms with E-state index >= 15 is 0 Å². The number of aromatic nitrogens is 2. The van der Waals surface area contributed by atoms with Gasteiger partial charge in [0.2, 0.25) is 5.91 Å². The van der Waals surface area contributed by atoms with E-state index in [0.29, 0.717) is 16.8 Å². The van der Waals surface area contributed by atoms with E-state index in [-0.39, 0.29) is 18.0 Å². The van der Waals surface area contributed by atoms with E-state index in [9.17, 15) is 9.59 Å². The summed E-state index contributed by atoms with van der Waals surface area (Å²) in [5.74, 6) is -0.0932. The number of carbonyl (C=O) groups is 1. The fourth-order valence-electron chi connectivity index (χ4n) is 4.79. The molecule has 1 amide bonds. The van der Waals surface area contributed by atoms with Gasteiger partial charge in [0.25, 0.3) is 5.56 Å². The number of fused-ring (bicyclic) bond motifs is 2. The van der Waals surface area contributed by atoms with Gasteiger partial charge < -0.3 is 4.90 Å². The first-order chi connectivity index (χ1) is 17.2. The molecule has 0 radical (unpaired) electrons. The van der Waals surface area contributed by atoms with Gasteiger partial charge in [-0.05, 0) is 41.2 Å². The van der Waals surface area contributed by atoms with E-state index in [2.05, 4.69) is 35.3 Å². The van der Waals surface area contributed by atoms with E-state index in [1.807, 2.05) is 53.9 Å². The van der Waals surface area contributed by atoms with Gasteiger partial charge in [0.15, 0.2) is 0 Å². The van der Waals surface area contributed by atoms with Gasteiger partial charge >= 0.3 is 0 Å². The molecule has 3 heterocycles. The summed E-state index contributed by atoms with van der Waals surface area (Å²) in [5, 5.41) is 2.54. The zero-order valence-corrected chi connectivity index (χ0v) is 19.9.